The fourth-order valence-electron chi connectivity index (χ4n) is 2.83. The molecule has 3 rings (SSSR count). The van der Waals surface area contributed by atoms with Gasteiger partial charge in [0.1, 0.15) is 0 Å². The summed E-state index contributed by atoms with van der Waals surface area (Å²) in [6.45, 7) is 6.17. The molecule has 0 saturated carbocycles. The molecule has 2 amide bonds. The van der Waals surface area contributed by atoms with Crippen LogP contribution >= 0.6 is 0 Å². The van der Waals surface area contributed by atoms with E-state index in [1.165, 1.54) is 0 Å². The molecule has 0 fully saturated rings. The van der Waals surface area contributed by atoms with Gasteiger partial charge in [0.25, 0.3) is 5.91 Å². The number of carbonyl (C=O) groups excluding carboxylic acids is 2. The SMILES string of the molecule is Cc1ccccc1C(=O)NCc1ccc2c(c1)C(C)(C)C(=O)N2. The zero-order valence-corrected chi connectivity index (χ0v) is 13.6. The summed E-state index contributed by atoms with van der Waals surface area (Å²) in [5.74, 6) is -0.0781. The van der Waals surface area contributed by atoms with E-state index in [-0.39, 0.29) is 11.8 Å². The second-order valence-electron chi connectivity index (χ2n) is 6.46. The zero-order valence-electron chi connectivity index (χ0n) is 13.6. The van der Waals surface area contributed by atoms with Gasteiger partial charge >= 0.3 is 0 Å². The molecule has 0 bridgehead atoms. The van der Waals surface area contributed by atoms with Gasteiger partial charge in [0.05, 0.1) is 5.41 Å². The summed E-state index contributed by atoms with van der Waals surface area (Å²) < 4.78 is 0. The molecule has 1 aliphatic heterocycles. The number of hydrogen-bond acceptors (Lipinski definition) is 2. The van der Waals surface area contributed by atoms with Crippen molar-refractivity contribution in [1.82, 2.24) is 5.32 Å². The number of carbonyl (C=O) groups is 2. The molecule has 0 aliphatic carbocycles. The van der Waals surface area contributed by atoms with Gasteiger partial charge in [0.15, 0.2) is 0 Å². The molecular formula is C19H20N2O2. The molecule has 4 heteroatoms. The molecule has 0 aromatic heterocycles. The summed E-state index contributed by atoms with van der Waals surface area (Å²) in [5, 5.41) is 5.83. The van der Waals surface area contributed by atoms with Crippen LogP contribution in [0.5, 0.6) is 0 Å². The Morgan fingerprint density at radius 1 is 1.17 bits per heavy atom. The molecule has 1 aliphatic rings. The van der Waals surface area contributed by atoms with Crippen LogP contribution in [0, 0.1) is 6.92 Å². The van der Waals surface area contributed by atoms with E-state index in [0.717, 1.165) is 22.4 Å². The lowest BCUT2D eigenvalue weighted by molar-refractivity contribution is -0.119. The Hall–Kier alpha value is -2.62. The first kappa shape index (κ1) is 15.3. The van der Waals surface area contributed by atoms with E-state index in [4.69, 9.17) is 0 Å². The van der Waals surface area contributed by atoms with Crippen molar-refractivity contribution in [3.8, 4) is 0 Å². The van der Waals surface area contributed by atoms with E-state index in [0.29, 0.717) is 12.1 Å². The van der Waals surface area contributed by atoms with Gasteiger partial charge in [-0.2, -0.15) is 0 Å². The van der Waals surface area contributed by atoms with Crippen molar-refractivity contribution >= 4 is 17.5 Å². The average molecular weight is 308 g/mol. The molecule has 0 atom stereocenters. The molecular weight excluding hydrogens is 288 g/mol. The van der Waals surface area contributed by atoms with Crippen LogP contribution in [0.4, 0.5) is 5.69 Å². The predicted molar refractivity (Wildman–Crippen MR) is 90.4 cm³/mol. The van der Waals surface area contributed by atoms with Crippen LogP contribution < -0.4 is 10.6 Å². The molecule has 2 aromatic carbocycles. The molecule has 0 saturated heterocycles. The molecule has 0 spiro atoms. The minimum atomic E-state index is -0.536. The first-order valence-corrected chi connectivity index (χ1v) is 7.68. The molecule has 2 N–H and O–H groups in total. The van der Waals surface area contributed by atoms with Crippen LogP contribution in [0.3, 0.4) is 0 Å². The Bertz CT molecular complexity index is 794. The van der Waals surface area contributed by atoms with Crippen LogP contribution in [-0.2, 0) is 16.8 Å². The van der Waals surface area contributed by atoms with E-state index >= 15 is 0 Å². The smallest absolute Gasteiger partial charge is 0.251 e. The highest BCUT2D eigenvalue weighted by molar-refractivity contribution is 6.05. The second-order valence-corrected chi connectivity index (χ2v) is 6.46. The van der Waals surface area contributed by atoms with Crippen LogP contribution in [0.1, 0.15) is 40.9 Å². The number of hydrogen-bond donors (Lipinski definition) is 2. The first-order valence-electron chi connectivity index (χ1n) is 7.68. The van der Waals surface area contributed by atoms with Crippen LogP contribution in [0.15, 0.2) is 42.5 Å². The number of nitrogens with one attached hydrogen (secondary N) is 2. The fourth-order valence-corrected chi connectivity index (χ4v) is 2.83. The van der Waals surface area contributed by atoms with Crippen molar-refractivity contribution in [2.45, 2.75) is 32.7 Å². The minimum Gasteiger partial charge on any atom is -0.348 e. The lowest BCUT2D eigenvalue weighted by Gasteiger charge is -2.16. The molecule has 0 unspecified atom stereocenters. The van der Waals surface area contributed by atoms with Crippen molar-refractivity contribution in [2.75, 3.05) is 5.32 Å². The maximum atomic E-state index is 12.3. The lowest BCUT2D eigenvalue weighted by Crippen LogP contribution is -2.27. The van der Waals surface area contributed by atoms with Crippen molar-refractivity contribution in [3.63, 3.8) is 0 Å². The molecule has 4 nitrogen and oxygen atoms in total. The summed E-state index contributed by atoms with van der Waals surface area (Å²) in [6, 6.07) is 13.3. The summed E-state index contributed by atoms with van der Waals surface area (Å²) in [5.41, 5.74) is 3.92. The minimum absolute atomic E-state index is 0.00796. The summed E-state index contributed by atoms with van der Waals surface area (Å²) in [4.78, 5) is 24.2. The van der Waals surface area contributed by atoms with Crippen molar-refractivity contribution in [2.24, 2.45) is 0 Å². The largest absolute Gasteiger partial charge is 0.348 e. The molecule has 118 valence electrons. The maximum Gasteiger partial charge on any atom is 0.251 e. The standard InChI is InChI=1S/C19H20N2O2/c1-12-6-4-5-7-14(12)17(22)20-11-13-8-9-16-15(10-13)19(2,3)18(23)21-16/h4-10H,11H2,1-3H3,(H,20,22)(H,21,23). The van der Waals surface area contributed by atoms with Gasteiger partial charge in [-0.05, 0) is 49.6 Å². The number of anilines is 1. The predicted octanol–water partition coefficient (Wildman–Crippen LogP) is 3.15. The van der Waals surface area contributed by atoms with Gasteiger partial charge in [-0.25, -0.2) is 0 Å². The van der Waals surface area contributed by atoms with Gasteiger partial charge in [0.2, 0.25) is 5.91 Å². The van der Waals surface area contributed by atoms with E-state index in [1.54, 1.807) is 0 Å². The highest BCUT2D eigenvalue weighted by Crippen LogP contribution is 2.37. The third-order valence-corrected chi connectivity index (χ3v) is 4.42. The number of benzene rings is 2. The lowest BCUT2D eigenvalue weighted by atomic mass is 9.85. The van der Waals surface area contributed by atoms with Gasteiger partial charge in [0, 0.05) is 17.8 Å². The third kappa shape index (κ3) is 2.72. The fraction of sp³-hybridized carbons (Fsp3) is 0.263. The van der Waals surface area contributed by atoms with Gasteiger partial charge < -0.3 is 10.6 Å². The van der Waals surface area contributed by atoms with Crippen LogP contribution in [0.2, 0.25) is 0 Å². The molecule has 0 radical (unpaired) electrons. The summed E-state index contributed by atoms with van der Waals surface area (Å²) in [7, 11) is 0. The average Bonchev–Trinajstić information content (AvgIpc) is 2.75. The molecule has 23 heavy (non-hydrogen) atoms. The van der Waals surface area contributed by atoms with Crippen LogP contribution in [0.25, 0.3) is 0 Å². The normalized spacial score (nSPS) is 15.0. The van der Waals surface area contributed by atoms with E-state index < -0.39 is 5.41 Å². The van der Waals surface area contributed by atoms with Gasteiger partial charge in [-0.3, -0.25) is 9.59 Å². The summed E-state index contributed by atoms with van der Waals surface area (Å²) in [6.07, 6.45) is 0. The van der Waals surface area contributed by atoms with Crippen molar-refractivity contribution < 1.29 is 9.59 Å². The molecule has 2 aromatic rings. The van der Waals surface area contributed by atoms with E-state index in [1.807, 2.05) is 63.2 Å². The Morgan fingerprint density at radius 3 is 2.65 bits per heavy atom. The Morgan fingerprint density at radius 2 is 1.91 bits per heavy atom. The zero-order chi connectivity index (χ0) is 16.6. The Balaban J connectivity index is 1.76. The number of fused-ring (bicyclic) bond motifs is 1. The quantitative estimate of drug-likeness (QED) is 0.915. The highest BCUT2D eigenvalue weighted by atomic mass is 16.2. The highest BCUT2D eigenvalue weighted by Gasteiger charge is 2.38. The number of amides is 2. The number of aryl methyl sites for hydroxylation is 1. The maximum absolute atomic E-state index is 12.3. The first-order chi connectivity index (χ1) is 10.9. The Labute approximate surface area is 135 Å². The van der Waals surface area contributed by atoms with Crippen LogP contribution in [-0.4, -0.2) is 11.8 Å². The third-order valence-electron chi connectivity index (χ3n) is 4.42. The Kier molecular flexibility index (Phi) is 3.68. The topological polar surface area (TPSA) is 58.2 Å². The van der Waals surface area contributed by atoms with Crippen molar-refractivity contribution in [1.29, 1.82) is 0 Å². The van der Waals surface area contributed by atoms with Crippen molar-refractivity contribution in [3.05, 3.63) is 64.7 Å². The van der Waals surface area contributed by atoms with Gasteiger partial charge in [-0.15, -0.1) is 0 Å². The molecule has 1 heterocycles. The van der Waals surface area contributed by atoms with Gasteiger partial charge in [-0.1, -0.05) is 30.3 Å². The number of rotatable bonds is 3. The van der Waals surface area contributed by atoms with E-state index in [9.17, 15) is 9.59 Å². The monoisotopic (exact) mass is 308 g/mol. The second kappa shape index (κ2) is 5.54. The summed E-state index contributed by atoms with van der Waals surface area (Å²) >= 11 is 0. The van der Waals surface area contributed by atoms with E-state index in [2.05, 4.69) is 10.6 Å².